The lowest BCUT2D eigenvalue weighted by atomic mass is 9.82. The van der Waals surface area contributed by atoms with E-state index >= 15 is 0 Å². The van der Waals surface area contributed by atoms with Gasteiger partial charge in [0.1, 0.15) is 0 Å². The van der Waals surface area contributed by atoms with Gasteiger partial charge in [0.05, 0.1) is 5.60 Å². The number of rotatable bonds is 6. The molecule has 0 aromatic heterocycles. The largest absolute Gasteiger partial charge is 0.379 e. The van der Waals surface area contributed by atoms with Crippen LogP contribution in [-0.4, -0.2) is 42.8 Å². The number of hydrogen-bond acceptors (Lipinski definition) is 4. The average molecular weight is 269 g/mol. The van der Waals surface area contributed by atoms with Gasteiger partial charge in [0, 0.05) is 25.2 Å². The molecule has 0 aromatic carbocycles. The van der Waals surface area contributed by atoms with Crippen molar-refractivity contribution in [2.45, 2.75) is 76.1 Å². The smallest absolute Gasteiger partial charge is 0.0623 e. The van der Waals surface area contributed by atoms with Crippen LogP contribution in [0.4, 0.5) is 0 Å². The minimum Gasteiger partial charge on any atom is -0.379 e. The second-order valence-corrected chi connectivity index (χ2v) is 7.06. The molecule has 3 atom stereocenters. The Morgan fingerprint density at radius 2 is 1.89 bits per heavy atom. The summed E-state index contributed by atoms with van der Waals surface area (Å²) in [7, 11) is 4.08. The summed E-state index contributed by atoms with van der Waals surface area (Å²) < 4.78 is 5.51. The van der Waals surface area contributed by atoms with E-state index < -0.39 is 0 Å². The summed E-state index contributed by atoms with van der Waals surface area (Å²) in [5, 5.41) is 0. The van der Waals surface area contributed by atoms with E-state index in [-0.39, 0.29) is 5.60 Å². The van der Waals surface area contributed by atoms with Gasteiger partial charge in [-0.15, -0.1) is 0 Å². The van der Waals surface area contributed by atoms with Crippen molar-refractivity contribution in [2.24, 2.45) is 11.8 Å². The van der Waals surface area contributed by atoms with Gasteiger partial charge < -0.3 is 9.64 Å². The quantitative estimate of drug-likeness (QED) is 0.571. The maximum absolute atomic E-state index is 5.82. The summed E-state index contributed by atoms with van der Waals surface area (Å²) in [5.41, 5.74) is 3.04. The predicted octanol–water partition coefficient (Wildman–Crippen LogP) is 1.90. The number of hydrazine groups is 1. The molecule has 3 N–H and O–H groups in total. The molecule has 2 aliphatic rings. The first kappa shape index (κ1) is 15.2. The molecule has 2 saturated heterocycles. The Morgan fingerprint density at radius 3 is 2.37 bits per heavy atom. The van der Waals surface area contributed by atoms with Crippen LogP contribution in [0, 0.1) is 5.92 Å². The summed E-state index contributed by atoms with van der Waals surface area (Å²) in [5.74, 6) is 6.54. The molecule has 0 radical (unpaired) electrons. The van der Waals surface area contributed by atoms with Crippen LogP contribution >= 0.6 is 0 Å². The molecule has 4 nitrogen and oxygen atoms in total. The van der Waals surface area contributed by atoms with E-state index in [1.807, 2.05) is 0 Å². The van der Waals surface area contributed by atoms with Gasteiger partial charge in [-0.05, 0) is 65.3 Å². The Morgan fingerprint density at radius 1 is 1.32 bits per heavy atom. The van der Waals surface area contributed by atoms with Crippen LogP contribution < -0.4 is 11.3 Å². The molecule has 2 fully saturated rings. The Hall–Kier alpha value is -0.160. The van der Waals surface area contributed by atoms with Gasteiger partial charge in [0.25, 0.3) is 0 Å². The lowest BCUT2D eigenvalue weighted by Gasteiger charge is -2.40. The third-order valence-corrected chi connectivity index (χ3v) is 5.53. The zero-order valence-electron chi connectivity index (χ0n) is 13.0. The molecule has 2 rings (SSSR count). The first-order chi connectivity index (χ1) is 8.96. The number of hydrogen-bond donors (Lipinski definition) is 2. The van der Waals surface area contributed by atoms with Crippen molar-refractivity contribution < 1.29 is 4.74 Å². The molecule has 0 aliphatic carbocycles. The van der Waals surface area contributed by atoms with Crippen LogP contribution in [0.2, 0.25) is 0 Å². The Labute approximate surface area is 118 Å². The van der Waals surface area contributed by atoms with E-state index in [1.54, 1.807) is 7.11 Å². The number of nitrogens with two attached hydrogens (primary N) is 1. The SMILES string of the molecule is COC(C)(C)CCC(NN)C1CC2CCC(C1)N2C. The molecule has 4 heteroatoms. The fourth-order valence-corrected chi connectivity index (χ4v) is 3.84. The lowest BCUT2D eigenvalue weighted by Crippen LogP contribution is -2.49. The number of nitrogens with one attached hydrogen (secondary N) is 1. The minimum atomic E-state index is -0.0421. The minimum absolute atomic E-state index is 0.0421. The molecule has 0 aromatic rings. The zero-order chi connectivity index (χ0) is 14.0. The van der Waals surface area contributed by atoms with Crippen LogP contribution in [-0.2, 0) is 4.74 Å². The molecule has 2 bridgehead atoms. The van der Waals surface area contributed by atoms with E-state index in [0.29, 0.717) is 6.04 Å². The molecule has 3 unspecified atom stereocenters. The van der Waals surface area contributed by atoms with Crippen LogP contribution in [0.3, 0.4) is 0 Å². The van der Waals surface area contributed by atoms with Crippen molar-refractivity contribution >= 4 is 0 Å². The second kappa shape index (κ2) is 6.08. The van der Waals surface area contributed by atoms with Crippen molar-refractivity contribution in [1.82, 2.24) is 10.3 Å². The van der Waals surface area contributed by atoms with Crippen molar-refractivity contribution in [1.29, 1.82) is 0 Å². The number of piperidine rings is 1. The third-order valence-electron chi connectivity index (χ3n) is 5.53. The fourth-order valence-electron chi connectivity index (χ4n) is 3.84. The molecule has 0 spiro atoms. The van der Waals surface area contributed by atoms with Gasteiger partial charge in [0.2, 0.25) is 0 Å². The van der Waals surface area contributed by atoms with E-state index in [2.05, 4.69) is 31.2 Å². The average Bonchev–Trinajstić information content (AvgIpc) is 2.62. The molecular weight excluding hydrogens is 238 g/mol. The number of methoxy groups -OCH3 is 1. The van der Waals surface area contributed by atoms with Crippen molar-refractivity contribution in [3.05, 3.63) is 0 Å². The summed E-state index contributed by atoms with van der Waals surface area (Å²) >= 11 is 0. The lowest BCUT2D eigenvalue weighted by molar-refractivity contribution is 0.00784. The van der Waals surface area contributed by atoms with Crippen LogP contribution in [0.5, 0.6) is 0 Å². The van der Waals surface area contributed by atoms with Crippen LogP contribution in [0.15, 0.2) is 0 Å². The van der Waals surface area contributed by atoms with Gasteiger partial charge in [0.15, 0.2) is 0 Å². The van der Waals surface area contributed by atoms with Crippen molar-refractivity contribution in [2.75, 3.05) is 14.2 Å². The standard InChI is InChI=1S/C15H31N3O/c1-15(2,19-4)8-7-14(17-16)11-9-12-5-6-13(10-11)18(12)3/h11-14,17H,5-10,16H2,1-4H3. The number of nitrogens with zero attached hydrogens (tertiary/aromatic N) is 1. The second-order valence-electron chi connectivity index (χ2n) is 7.06. The normalized spacial score (nSPS) is 33.6. The van der Waals surface area contributed by atoms with Crippen LogP contribution in [0.1, 0.15) is 52.4 Å². The highest BCUT2D eigenvalue weighted by molar-refractivity contribution is 4.96. The first-order valence-electron chi connectivity index (χ1n) is 7.70. The maximum Gasteiger partial charge on any atom is 0.0623 e. The van der Waals surface area contributed by atoms with Gasteiger partial charge in [-0.3, -0.25) is 11.3 Å². The molecule has 112 valence electrons. The van der Waals surface area contributed by atoms with E-state index in [0.717, 1.165) is 30.8 Å². The van der Waals surface area contributed by atoms with Gasteiger partial charge in [-0.2, -0.15) is 0 Å². The molecule has 19 heavy (non-hydrogen) atoms. The van der Waals surface area contributed by atoms with Gasteiger partial charge in [-0.1, -0.05) is 0 Å². The maximum atomic E-state index is 5.82. The van der Waals surface area contributed by atoms with Gasteiger partial charge in [-0.25, -0.2) is 0 Å². The van der Waals surface area contributed by atoms with Crippen LogP contribution in [0.25, 0.3) is 0 Å². The summed E-state index contributed by atoms with van der Waals surface area (Å²) in [6.45, 7) is 4.30. The Bertz CT molecular complexity index is 281. The first-order valence-corrected chi connectivity index (χ1v) is 7.70. The number of fused-ring (bicyclic) bond motifs is 2. The van der Waals surface area contributed by atoms with E-state index in [4.69, 9.17) is 10.6 Å². The molecule has 2 aliphatic heterocycles. The van der Waals surface area contributed by atoms with E-state index in [1.165, 1.54) is 25.7 Å². The molecule has 2 heterocycles. The predicted molar refractivity (Wildman–Crippen MR) is 78.7 cm³/mol. The highest BCUT2D eigenvalue weighted by atomic mass is 16.5. The van der Waals surface area contributed by atoms with Crippen molar-refractivity contribution in [3.63, 3.8) is 0 Å². The summed E-state index contributed by atoms with van der Waals surface area (Å²) in [6, 6.07) is 2.01. The van der Waals surface area contributed by atoms with Gasteiger partial charge >= 0.3 is 0 Å². The van der Waals surface area contributed by atoms with E-state index in [9.17, 15) is 0 Å². The highest BCUT2D eigenvalue weighted by Crippen LogP contribution is 2.39. The zero-order valence-corrected chi connectivity index (χ0v) is 13.0. The topological polar surface area (TPSA) is 50.5 Å². The Balaban J connectivity index is 1.88. The molecular formula is C15H31N3O. The number of ether oxygens (including phenoxy) is 1. The Kier molecular flexibility index (Phi) is 4.88. The van der Waals surface area contributed by atoms with Crippen molar-refractivity contribution in [3.8, 4) is 0 Å². The highest BCUT2D eigenvalue weighted by Gasteiger charge is 2.40. The summed E-state index contributed by atoms with van der Waals surface area (Å²) in [4.78, 5) is 2.59. The summed E-state index contributed by atoms with van der Waals surface area (Å²) in [6.07, 6.45) is 7.51. The third kappa shape index (κ3) is 3.48. The monoisotopic (exact) mass is 269 g/mol. The molecule has 0 amide bonds. The molecule has 0 saturated carbocycles. The fraction of sp³-hybridized carbons (Fsp3) is 1.00.